The second kappa shape index (κ2) is 7.34. The van der Waals surface area contributed by atoms with Crippen LogP contribution < -0.4 is 0 Å². The molecule has 0 radical (unpaired) electrons. The summed E-state index contributed by atoms with van der Waals surface area (Å²) in [5.74, 6) is 1.31. The molecule has 1 amide bonds. The number of piperidine rings is 1. The Bertz CT molecular complexity index is 721. The number of carbonyl (C=O) groups excluding carboxylic acids is 1. The molecule has 4 nitrogen and oxygen atoms in total. The summed E-state index contributed by atoms with van der Waals surface area (Å²) in [5, 5.41) is 0. The summed E-state index contributed by atoms with van der Waals surface area (Å²) in [7, 11) is 0. The second-order valence-electron chi connectivity index (χ2n) is 8.09. The number of carbonyl (C=O) groups is 1. The van der Waals surface area contributed by atoms with Crippen LogP contribution in [0.2, 0.25) is 0 Å². The van der Waals surface area contributed by atoms with Crippen LogP contribution in [0.25, 0.3) is 11.4 Å². The highest BCUT2D eigenvalue weighted by Gasteiger charge is 2.28. The Hall–Kier alpha value is -2.23. The summed E-state index contributed by atoms with van der Waals surface area (Å²) in [6.45, 7) is 7.97. The van der Waals surface area contributed by atoms with Gasteiger partial charge in [0.05, 0.1) is 0 Å². The Morgan fingerprint density at radius 1 is 1.20 bits per heavy atom. The molecular formula is C21H27N3O. The predicted molar refractivity (Wildman–Crippen MR) is 100 cm³/mol. The van der Waals surface area contributed by atoms with E-state index >= 15 is 0 Å². The number of hydrogen-bond acceptors (Lipinski definition) is 3. The average molecular weight is 337 g/mol. The van der Waals surface area contributed by atoms with Gasteiger partial charge in [-0.25, -0.2) is 9.97 Å². The van der Waals surface area contributed by atoms with Crippen molar-refractivity contribution in [1.29, 1.82) is 0 Å². The molecular weight excluding hydrogens is 310 g/mol. The van der Waals surface area contributed by atoms with Crippen molar-refractivity contribution in [1.82, 2.24) is 14.9 Å². The van der Waals surface area contributed by atoms with Gasteiger partial charge in [-0.05, 0) is 24.3 Å². The number of aromatic nitrogens is 2. The van der Waals surface area contributed by atoms with Crippen molar-refractivity contribution in [3.63, 3.8) is 0 Å². The standard InChI is InChI=1S/C21H27N3O/c1-21(2,3)14-19(25)24-13-7-10-17(15-24)18-11-12-22-20(23-18)16-8-5-4-6-9-16/h4-6,8-9,11-12,17H,7,10,13-15H2,1-3H3. The number of benzene rings is 1. The topological polar surface area (TPSA) is 46.1 Å². The first-order chi connectivity index (χ1) is 11.9. The van der Waals surface area contributed by atoms with E-state index in [0.717, 1.165) is 43.0 Å². The van der Waals surface area contributed by atoms with Crippen molar-refractivity contribution in [3.8, 4) is 11.4 Å². The van der Waals surface area contributed by atoms with E-state index in [2.05, 4.69) is 25.8 Å². The summed E-state index contributed by atoms with van der Waals surface area (Å²) in [6.07, 6.45) is 4.54. The fraction of sp³-hybridized carbons (Fsp3) is 0.476. The number of nitrogens with zero attached hydrogens (tertiary/aromatic N) is 3. The molecule has 1 fully saturated rings. The van der Waals surface area contributed by atoms with Crippen molar-refractivity contribution < 1.29 is 4.79 Å². The normalized spacial score (nSPS) is 18.2. The lowest BCUT2D eigenvalue weighted by Crippen LogP contribution is -2.40. The van der Waals surface area contributed by atoms with E-state index in [1.54, 1.807) is 0 Å². The highest BCUT2D eigenvalue weighted by atomic mass is 16.2. The summed E-state index contributed by atoms with van der Waals surface area (Å²) in [6, 6.07) is 12.0. The highest BCUT2D eigenvalue weighted by Crippen LogP contribution is 2.29. The predicted octanol–water partition coefficient (Wildman–Crippen LogP) is 4.29. The van der Waals surface area contributed by atoms with Crippen molar-refractivity contribution >= 4 is 5.91 Å². The van der Waals surface area contributed by atoms with Crippen LogP contribution in [0.3, 0.4) is 0 Å². The molecule has 1 saturated heterocycles. The fourth-order valence-corrected chi connectivity index (χ4v) is 3.34. The van der Waals surface area contributed by atoms with Gasteiger partial charge in [-0.2, -0.15) is 0 Å². The third kappa shape index (κ3) is 4.65. The molecule has 1 atom stereocenters. The van der Waals surface area contributed by atoms with E-state index in [0.29, 0.717) is 12.3 Å². The average Bonchev–Trinajstić information content (AvgIpc) is 2.61. The lowest BCUT2D eigenvalue weighted by Gasteiger charge is -2.34. The summed E-state index contributed by atoms with van der Waals surface area (Å²) in [4.78, 5) is 23.8. The van der Waals surface area contributed by atoms with Crippen molar-refractivity contribution in [2.24, 2.45) is 5.41 Å². The zero-order valence-corrected chi connectivity index (χ0v) is 15.4. The van der Waals surface area contributed by atoms with Crippen LogP contribution >= 0.6 is 0 Å². The first-order valence-corrected chi connectivity index (χ1v) is 9.08. The maximum Gasteiger partial charge on any atom is 0.223 e. The zero-order valence-electron chi connectivity index (χ0n) is 15.4. The quantitative estimate of drug-likeness (QED) is 0.839. The maximum atomic E-state index is 12.6. The third-order valence-corrected chi connectivity index (χ3v) is 4.58. The van der Waals surface area contributed by atoms with Crippen LogP contribution in [0.4, 0.5) is 0 Å². The molecule has 0 saturated carbocycles. The number of likely N-dealkylation sites (tertiary alicyclic amines) is 1. The molecule has 25 heavy (non-hydrogen) atoms. The minimum atomic E-state index is 0.0272. The Labute approximate surface area is 150 Å². The molecule has 132 valence electrons. The summed E-state index contributed by atoms with van der Waals surface area (Å²) in [5.41, 5.74) is 2.10. The van der Waals surface area contributed by atoms with Crippen molar-refractivity contribution in [3.05, 3.63) is 48.3 Å². The van der Waals surface area contributed by atoms with E-state index in [9.17, 15) is 4.79 Å². The zero-order chi connectivity index (χ0) is 17.9. The molecule has 0 bridgehead atoms. The largest absolute Gasteiger partial charge is 0.342 e. The van der Waals surface area contributed by atoms with Crippen molar-refractivity contribution in [2.75, 3.05) is 13.1 Å². The lowest BCUT2D eigenvalue weighted by atomic mass is 9.89. The van der Waals surface area contributed by atoms with E-state index in [-0.39, 0.29) is 11.3 Å². The van der Waals surface area contributed by atoms with Crippen LogP contribution in [-0.2, 0) is 4.79 Å². The van der Waals surface area contributed by atoms with Gasteiger partial charge in [0, 0.05) is 42.9 Å². The van der Waals surface area contributed by atoms with E-state index in [1.165, 1.54) is 0 Å². The van der Waals surface area contributed by atoms with E-state index < -0.39 is 0 Å². The van der Waals surface area contributed by atoms with Gasteiger partial charge in [-0.1, -0.05) is 51.1 Å². The minimum Gasteiger partial charge on any atom is -0.342 e. The van der Waals surface area contributed by atoms with E-state index in [4.69, 9.17) is 4.98 Å². The molecule has 0 aliphatic carbocycles. The van der Waals surface area contributed by atoms with Crippen LogP contribution in [0, 0.1) is 5.41 Å². The molecule has 1 aliphatic heterocycles. The van der Waals surface area contributed by atoms with E-state index in [1.807, 2.05) is 47.5 Å². The fourth-order valence-electron chi connectivity index (χ4n) is 3.34. The number of amides is 1. The van der Waals surface area contributed by atoms with Gasteiger partial charge in [-0.15, -0.1) is 0 Å². The summed E-state index contributed by atoms with van der Waals surface area (Å²) < 4.78 is 0. The lowest BCUT2D eigenvalue weighted by molar-refractivity contribution is -0.134. The molecule has 3 rings (SSSR count). The Morgan fingerprint density at radius 3 is 2.68 bits per heavy atom. The first-order valence-electron chi connectivity index (χ1n) is 9.08. The molecule has 1 aromatic heterocycles. The van der Waals surface area contributed by atoms with Crippen LogP contribution in [-0.4, -0.2) is 33.9 Å². The van der Waals surface area contributed by atoms with Gasteiger partial charge < -0.3 is 4.90 Å². The second-order valence-corrected chi connectivity index (χ2v) is 8.09. The van der Waals surface area contributed by atoms with Gasteiger partial charge in [0.1, 0.15) is 0 Å². The van der Waals surface area contributed by atoms with Crippen LogP contribution in [0.15, 0.2) is 42.6 Å². The Balaban J connectivity index is 1.75. The smallest absolute Gasteiger partial charge is 0.223 e. The summed E-state index contributed by atoms with van der Waals surface area (Å²) >= 11 is 0. The Morgan fingerprint density at radius 2 is 1.96 bits per heavy atom. The van der Waals surface area contributed by atoms with Gasteiger partial charge >= 0.3 is 0 Å². The van der Waals surface area contributed by atoms with Gasteiger partial charge in [0.2, 0.25) is 5.91 Å². The van der Waals surface area contributed by atoms with Gasteiger partial charge in [-0.3, -0.25) is 4.79 Å². The molecule has 1 aromatic carbocycles. The van der Waals surface area contributed by atoms with Gasteiger partial charge in [0.25, 0.3) is 0 Å². The maximum absolute atomic E-state index is 12.6. The molecule has 2 heterocycles. The number of hydrogen-bond donors (Lipinski definition) is 0. The van der Waals surface area contributed by atoms with Gasteiger partial charge in [0.15, 0.2) is 5.82 Å². The van der Waals surface area contributed by atoms with Crippen molar-refractivity contribution in [2.45, 2.75) is 46.0 Å². The molecule has 0 spiro atoms. The molecule has 0 N–H and O–H groups in total. The highest BCUT2D eigenvalue weighted by molar-refractivity contribution is 5.77. The molecule has 2 aromatic rings. The van der Waals surface area contributed by atoms with Crippen LogP contribution in [0.5, 0.6) is 0 Å². The number of rotatable bonds is 3. The third-order valence-electron chi connectivity index (χ3n) is 4.58. The minimum absolute atomic E-state index is 0.0272. The van der Waals surface area contributed by atoms with Crippen LogP contribution in [0.1, 0.15) is 51.6 Å². The Kier molecular flexibility index (Phi) is 5.16. The molecule has 1 unspecified atom stereocenters. The monoisotopic (exact) mass is 337 g/mol. The SMILES string of the molecule is CC(C)(C)CC(=O)N1CCCC(c2ccnc(-c3ccccc3)n2)C1. The molecule has 1 aliphatic rings. The molecule has 4 heteroatoms. The first kappa shape index (κ1) is 17.6.